The van der Waals surface area contributed by atoms with Crippen LogP contribution in [0.3, 0.4) is 0 Å². The van der Waals surface area contributed by atoms with Crippen molar-refractivity contribution in [2.24, 2.45) is 11.7 Å². The molecule has 5 nitrogen and oxygen atoms in total. The minimum atomic E-state index is -0.894. The van der Waals surface area contributed by atoms with Crippen molar-refractivity contribution in [1.29, 1.82) is 0 Å². The molecule has 110 valence electrons. The number of halogens is 1. The van der Waals surface area contributed by atoms with Crippen LogP contribution in [-0.2, 0) is 11.3 Å². The summed E-state index contributed by atoms with van der Waals surface area (Å²) in [5, 5.41) is 8.90. The first-order valence-electron chi connectivity index (χ1n) is 6.38. The third-order valence-electron chi connectivity index (χ3n) is 3.13. The van der Waals surface area contributed by atoms with Gasteiger partial charge in [0.1, 0.15) is 5.82 Å². The lowest BCUT2D eigenvalue weighted by atomic mass is 10.1. The third kappa shape index (κ3) is 4.31. The summed E-state index contributed by atoms with van der Waals surface area (Å²) in [6.07, 6.45) is 0. The molecule has 6 heteroatoms. The molecule has 1 amide bonds. The number of hydrogen-bond acceptors (Lipinski definition) is 3. The number of aliphatic carboxylic acids is 1. The first kappa shape index (κ1) is 16.1. The highest BCUT2D eigenvalue weighted by atomic mass is 19.1. The van der Waals surface area contributed by atoms with E-state index < -0.39 is 23.6 Å². The number of carbonyl (C=O) groups excluding carboxylic acids is 1. The molecule has 20 heavy (non-hydrogen) atoms. The number of carboxylic acids is 1. The Hall–Kier alpha value is -1.95. The Labute approximate surface area is 117 Å². The summed E-state index contributed by atoms with van der Waals surface area (Å²) in [5.74, 6) is -2.49. The zero-order valence-electron chi connectivity index (χ0n) is 11.6. The van der Waals surface area contributed by atoms with Gasteiger partial charge >= 0.3 is 5.97 Å². The van der Waals surface area contributed by atoms with Crippen LogP contribution < -0.4 is 5.73 Å². The Morgan fingerprint density at radius 1 is 1.45 bits per heavy atom. The molecule has 1 aromatic rings. The lowest BCUT2D eigenvalue weighted by Crippen LogP contribution is -2.31. The number of nitrogens with two attached hydrogens (primary N) is 1. The standard InChI is InChI=1S/C14H19FN2O3/c1-3-17(7-9(2)14(19)20)8-11-6-10(13(16)18)4-5-12(11)15/h4-6,9H,3,7-8H2,1-2H3,(H2,16,18)(H,19,20). The largest absolute Gasteiger partial charge is 0.481 e. The van der Waals surface area contributed by atoms with Gasteiger partial charge in [-0.25, -0.2) is 4.39 Å². The van der Waals surface area contributed by atoms with E-state index in [4.69, 9.17) is 10.8 Å². The molecule has 3 N–H and O–H groups in total. The van der Waals surface area contributed by atoms with Crippen molar-refractivity contribution in [1.82, 2.24) is 4.90 Å². The molecule has 0 saturated heterocycles. The molecule has 1 aromatic carbocycles. The van der Waals surface area contributed by atoms with Crippen LogP contribution in [0.15, 0.2) is 18.2 Å². The predicted octanol–water partition coefficient (Wildman–Crippen LogP) is 1.47. The maximum Gasteiger partial charge on any atom is 0.307 e. The van der Waals surface area contributed by atoms with Crippen molar-refractivity contribution in [2.75, 3.05) is 13.1 Å². The van der Waals surface area contributed by atoms with Gasteiger partial charge in [-0.15, -0.1) is 0 Å². The second kappa shape index (κ2) is 7.00. The monoisotopic (exact) mass is 282 g/mol. The summed E-state index contributed by atoms with van der Waals surface area (Å²) < 4.78 is 13.7. The van der Waals surface area contributed by atoms with E-state index in [1.54, 1.807) is 6.92 Å². The molecule has 0 bridgehead atoms. The molecule has 0 heterocycles. The van der Waals surface area contributed by atoms with Crippen molar-refractivity contribution >= 4 is 11.9 Å². The van der Waals surface area contributed by atoms with E-state index >= 15 is 0 Å². The topological polar surface area (TPSA) is 83.6 Å². The van der Waals surface area contributed by atoms with Crippen molar-refractivity contribution in [3.8, 4) is 0 Å². The summed E-state index contributed by atoms with van der Waals surface area (Å²) in [7, 11) is 0. The Kier molecular flexibility index (Phi) is 5.64. The highest BCUT2D eigenvalue weighted by Crippen LogP contribution is 2.14. The fourth-order valence-electron chi connectivity index (χ4n) is 1.86. The average Bonchev–Trinajstić information content (AvgIpc) is 2.39. The van der Waals surface area contributed by atoms with Gasteiger partial charge in [-0.1, -0.05) is 13.8 Å². The summed E-state index contributed by atoms with van der Waals surface area (Å²) >= 11 is 0. The van der Waals surface area contributed by atoms with E-state index in [0.29, 0.717) is 18.7 Å². The van der Waals surface area contributed by atoms with Crippen molar-refractivity contribution in [2.45, 2.75) is 20.4 Å². The minimum Gasteiger partial charge on any atom is -0.481 e. The lowest BCUT2D eigenvalue weighted by Gasteiger charge is -2.23. The van der Waals surface area contributed by atoms with Gasteiger partial charge in [0.15, 0.2) is 0 Å². The molecule has 0 radical (unpaired) electrons. The fourth-order valence-corrected chi connectivity index (χ4v) is 1.86. The van der Waals surface area contributed by atoms with Gasteiger partial charge in [0.05, 0.1) is 5.92 Å². The molecule has 1 rings (SSSR count). The van der Waals surface area contributed by atoms with Crippen LogP contribution in [0.25, 0.3) is 0 Å². The summed E-state index contributed by atoms with van der Waals surface area (Å²) in [6, 6.07) is 3.94. The second-order valence-electron chi connectivity index (χ2n) is 4.74. The van der Waals surface area contributed by atoms with Crippen LogP contribution in [-0.4, -0.2) is 35.0 Å². The number of primary amides is 1. The summed E-state index contributed by atoms with van der Waals surface area (Å²) in [5.41, 5.74) is 5.74. The normalized spacial score (nSPS) is 12.4. The van der Waals surface area contributed by atoms with Crippen LogP contribution in [0, 0.1) is 11.7 Å². The van der Waals surface area contributed by atoms with Gasteiger partial charge in [0.25, 0.3) is 0 Å². The Bertz CT molecular complexity index is 505. The molecule has 0 aromatic heterocycles. The van der Waals surface area contributed by atoms with E-state index in [1.165, 1.54) is 18.2 Å². The van der Waals surface area contributed by atoms with Crippen molar-refractivity contribution in [3.63, 3.8) is 0 Å². The molecule has 1 unspecified atom stereocenters. The predicted molar refractivity (Wildman–Crippen MR) is 72.7 cm³/mol. The number of nitrogens with zero attached hydrogens (tertiary/aromatic N) is 1. The first-order valence-corrected chi connectivity index (χ1v) is 6.38. The second-order valence-corrected chi connectivity index (χ2v) is 4.74. The number of hydrogen-bond donors (Lipinski definition) is 2. The van der Waals surface area contributed by atoms with E-state index in [9.17, 15) is 14.0 Å². The SMILES string of the molecule is CCN(Cc1cc(C(N)=O)ccc1F)CC(C)C(=O)O. The Balaban J connectivity index is 2.86. The number of carboxylic acid groups (broad SMARTS) is 1. The average molecular weight is 282 g/mol. The maximum absolute atomic E-state index is 13.7. The molecular formula is C14H19FN2O3. The number of amides is 1. The van der Waals surface area contributed by atoms with E-state index in [-0.39, 0.29) is 12.1 Å². The van der Waals surface area contributed by atoms with Crippen LogP contribution >= 0.6 is 0 Å². The van der Waals surface area contributed by atoms with Crippen LogP contribution in [0.4, 0.5) is 4.39 Å². The molecule has 0 aliphatic heterocycles. The summed E-state index contributed by atoms with van der Waals surface area (Å²) in [4.78, 5) is 23.8. The molecule has 0 aliphatic carbocycles. The van der Waals surface area contributed by atoms with E-state index in [1.807, 2.05) is 11.8 Å². The van der Waals surface area contributed by atoms with Crippen molar-refractivity contribution in [3.05, 3.63) is 35.1 Å². The maximum atomic E-state index is 13.7. The van der Waals surface area contributed by atoms with Crippen LogP contribution in [0.2, 0.25) is 0 Å². The fraction of sp³-hybridized carbons (Fsp3) is 0.429. The van der Waals surface area contributed by atoms with E-state index in [2.05, 4.69) is 0 Å². The van der Waals surface area contributed by atoms with Gasteiger partial charge in [0.2, 0.25) is 5.91 Å². The van der Waals surface area contributed by atoms with Gasteiger partial charge in [-0.3, -0.25) is 14.5 Å². The molecular weight excluding hydrogens is 263 g/mol. The smallest absolute Gasteiger partial charge is 0.307 e. The Morgan fingerprint density at radius 3 is 2.60 bits per heavy atom. The Morgan fingerprint density at radius 2 is 2.10 bits per heavy atom. The lowest BCUT2D eigenvalue weighted by molar-refractivity contribution is -0.141. The molecule has 0 saturated carbocycles. The van der Waals surface area contributed by atoms with Gasteiger partial charge < -0.3 is 10.8 Å². The van der Waals surface area contributed by atoms with Gasteiger partial charge in [0, 0.05) is 24.2 Å². The molecule has 0 spiro atoms. The number of carbonyl (C=O) groups is 2. The quantitative estimate of drug-likeness (QED) is 0.793. The zero-order valence-corrected chi connectivity index (χ0v) is 11.6. The highest BCUT2D eigenvalue weighted by Gasteiger charge is 2.17. The van der Waals surface area contributed by atoms with Crippen LogP contribution in [0.5, 0.6) is 0 Å². The number of rotatable bonds is 7. The van der Waals surface area contributed by atoms with Gasteiger partial charge in [-0.2, -0.15) is 0 Å². The molecule has 1 atom stereocenters. The molecule has 0 fully saturated rings. The molecule has 0 aliphatic rings. The number of benzene rings is 1. The zero-order chi connectivity index (χ0) is 15.3. The van der Waals surface area contributed by atoms with Crippen molar-refractivity contribution < 1.29 is 19.1 Å². The summed E-state index contributed by atoms with van der Waals surface area (Å²) in [6.45, 7) is 4.59. The van der Waals surface area contributed by atoms with E-state index in [0.717, 1.165) is 0 Å². The highest BCUT2D eigenvalue weighted by molar-refractivity contribution is 5.92. The van der Waals surface area contributed by atoms with Gasteiger partial charge in [-0.05, 0) is 24.7 Å². The first-order chi connectivity index (χ1) is 9.35. The van der Waals surface area contributed by atoms with Crippen LogP contribution in [0.1, 0.15) is 29.8 Å². The minimum absolute atomic E-state index is 0.237. The third-order valence-corrected chi connectivity index (χ3v) is 3.13.